The third-order valence-electron chi connectivity index (χ3n) is 5.30. The molecule has 6 heteroatoms. The van der Waals surface area contributed by atoms with Gasteiger partial charge in [-0.25, -0.2) is 0 Å². The van der Waals surface area contributed by atoms with Crippen LogP contribution in [0.15, 0.2) is 24.3 Å². The number of anilines is 1. The van der Waals surface area contributed by atoms with Gasteiger partial charge in [0.05, 0.1) is 16.3 Å². The normalized spacial score (nSPS) is 13.8. The van der Waals surface area contributed by atoms with Crippen molar-refractivity contribution < 1.29 is 19.1 Å². The summed E-state index contributed by atoms with van der Waals surface area (Å²) in [4.78, 5) is 33.4. The Balaban J connectivity index is 0.000000878. The molecule has 1 aliphatic carbocycles. The molecule has 3 rings (SSSR count). The molecule has 0 atom stereocenters. The van der Waals surface area contributed by atoms with E-state index >= 15 is 0 Å². The monoisotopic (exact) mass is 384 g/mol. The van der Waals surface area contributed by atoms with Crippen LogP contribution in [0.4, 0.5) is 5.69 Å². The van der Waals surface area contributed by atoms with Crippen molar-refractivity contribution in [1.82, 2.24) is 4.98 Å². The van der Waals surface area contributed by atoms with E-state index in [1.54, 1.807) is 0 Å². The lowest BCUT2D eigenvalue weighted by Gasteiger charge is -2.28. The molecule has 0 radical (unpaired) electrons. The fourth-order valence-electron chi connectivity index (χ4n) is 3.34. The number of benzene rings is 1. The number of ketones is 1. The molecule has 1 aromatic carbocycles. The zero-order valence-electron chi connectivity index (χ0n) is 16.8. The molecule has 150 valence electrons. The Labute approximate surface area is 165 Å². The molecule has 0 aliphatic heterocycles. The van der Waals surface area contributed by atoms with Crippen molar-refractivity contribution in [2.75, 3.05) is 12.3 Å². The number of nitrogens with two attached hydrogens (primary N) is 1. The molecule has 0 spiro atoms. The molecule has 6 nitrogen and oxygen atoms in total. The Morgan fingerprint density at radius 1 is 1.32 bits per heavy atom. The van der Waals surface area contributed by atoms with Crippen LogP contribution in [-0.4, -0.2) is 23.5 Å². The summed E-state index contributed by atoms with van der Waals surface area (Å²) in [5, 5.41) is 0.825. The third-order valence-corrected chi connectivity index (χ3v) is 5.30. The smallest absolute Gasteiger partial charge is 0.373 e. The molecule has 0 bridgehead atoms. The van der Waals surface area contributed by atoms with Crippen molar-refractivity contribution in [3.8, 4) is 5.75 Å². The molecule has 0 unspecified atom stereocenters. The van der Waals surface area contributed by atoms with Gasteiger partial charge in [0.25, 0.3) is 0 Å². The van der Waals surface area contributed by atoms with Crippen molar-refractivity contribution in [2.24, 2.45) is 11.3 Å². The third kappa shape index (κ3) is 5.40. The summed E-state index contributed by atoms with van der Waals surface area (Å²) in [6.45, 7) is 6.20. The lowest BCUT2D eigenvalue weighted by Crippen LogP contribution is -2.31. The minimum atomic E-state index is -0.501. The number of carbonyl (C=O) groups excluding carboxylic acids is 3. The predicted molar refractivity (Wildman–Crippen MR) is 107 cm³/mol. The summed E-state index contributed by atoms with van der Waals surface area (Å²) in [5.41, 5.74) is 8.04. The van der Waals surface area contributed by atoms with Crippen LogP contribution >= 0.6 is 0 Å². The lowest BCUT2D eigenvalue weighted by molar-refractivity contribution is -0.191. The Hall–Kier alpha value is -2.72. The van der Waals surface area contributed by atoms with Gasteiger partial charge in [-0.2, -0.15) is 9.59 Å². The number of carbonyl (C=O) groups is 1. The van der Waals surface area contributed by atoms with Crippen LogP contribution < -0.4 is 10.5 Å². The number of hydrogen-bond donors (Lipinski definition) is 1. The maximum Gasteiger partial charge on any atom is 0.373 e. The highest BCUT2D eigenvalue weighted by Crippen LogP contribution is 2.34. The number of hydrogen-bond acceptors (Lipinski definition) is 6. The van der Waals surface area contributed by atoms with Gasteiger partial charge in [-0.1, -0.05) is 25.3 Å². The second-order valence-electron chi connectivity index (χ2n) is 8.02. The number of rotatable bonds is 7. The first-order valence-electron chi connectivity index (χ1n) is 9.59. The topological polar surface area (TPSA) is 99.3 Å². The maximum absolute atomic E-state index is 12.6. The minimum Gasteiger partial charge on any atom is -0.492 e. The SMILES string of the molecule is Cc1cc(N)c2c(OCC(C)(C)C(=O)CCC3CCC3)cccc2n1.O=C=O. The molecule has 1 aromatic heterocycles. The molecule has 1 aliphatic rings. The summed E-state index contributed by atoms with van der Waals surface area (Å²) in [6, 6.07) is 7.59. The molecular formula is C22H28N2O4. The van der Waals surface area contributed by atoms with Gasteiger partial charge in [-0.05, 0) is 51.3 Å². The zero-order valence-corrected chi connectivity index (χ0v) is 16.8. The van der Waals surface area contributed by atoms with E-state index in [0.29, 0.717) is 24.5 Å². The number of Topliss-reactive ketones (excluding diaryl/α,β-unsaturated/α-hetero) is 1. The van der Waals surface area contributed by atoms with E-state index < -0.39 is 5.41 Å². The van der Waals surface area contributed by atoms with E-state index in [4.69, 9.17) is 20.1 Å². The Kier molecular flexibility index (Phi) is 7.30. The van der Waals surface area contributed by atoms with Gasteiger partial charge in [-0.15, -0.1) is 0 Å². The summed E-state index contributed by atoms with van der Waals surface area (Å²) >= 11 is 0. The van der Waals surface area contributed by atoms with E-state index in [2.05, 4.69) is 4.98 Å². The lowest BCUT2D eigenvalue weighted by atomic mass is 9.78. The molecule has 28 heavy (non-hydrogen) atoms. The van der Waals surface area contributed by atoms with Gasteiger partial charge >= 0.3 is 6.15 Å². The number of aryl methyl sites for hydroxylation is 1. The van der Waals surface area contributed by atoms with Crippen molar-refractivity contribution in [1.29, 1.82) is 0 Å². The van der Waals surface area contributed by atoms with Gasteiger partial charge in [0.2, 0.25) is 0 Å². The van der Waals surface area contributed by atoms with Gasteiger partial charge in [0, 0.05) is 17.8 Å². The number of aromatic nitrogens is 1. The van der Waals surface area contributed by atoms with Gasteiger partial charge in [0.15, 0.2) is 0 Å². The molecule has 0 amide bonds. The van der Waals surface area contributed by atoms with Crippen molar-refractivity contribution in [3.05, 3.63) is 30.0 Å². The van der Waals surface area contributed by atoms with Crippen molar-refractivity contribution >= 4 is 28.5 Å². The summed E-state index contributed by atoms with van der Waals surface area (Å²) in [5.74, 6) is 1.73. The van der Waals surface area contributed by atoms with Crippen LogP contribution in [-0.2, 0) is 14.4 Å². The second-order valence-corrected chi connectivity index (χ2v) is 8.02. The Bertz CT molecular complexity index is 866. The average molecular weight is 384 g/mol. The Morgan fingerprint density at radius 2 is 2.00 bits per heavy atom. The highest BCUT2D eigenvalue weighted by Gasteiger charge is 2.30. The van der Waals surface area contributed by atoms with E-state index in [9.17, 15) is 4.79 Å². The van der Waals surface area contributed by atoms with Crippen LogP contribution in [0.3, 0.4) is 0 Å². The molecule has 1 heterocycles. The van der Waals surface area contributed by atoms with Gasteiger partial charge in [0.1, 0.15) is 18.1 Å². The van der Waals surface area contributed by atoms with E-state index in [1.807, 2.05) is 45.0 Å². The number of ether oxygens (including phenoxy) is 1. The van der Waals surface area contributed by atoms with E-state index in [0.717, 1.165) is 28.9 Å². The molecule has 2 aromatic rings. The quantitative estimate of drug-likeness (QED) is 0.771. The first kappa shape index (κ1) is 21.6. The number of fused-ring (bicyclic) bond motifs is 1. The number of nitrogen functional groups attached to an aromatic ring is 1. The maximum atomic E-state index is 12.6. The predicted octanol–water partition coefficient (Wildman–Crippen LogP) is 4.10. The largest absolute Gasteiger partial charge is 0.492 e. The standard InChI is InChI=1S/C21H28N2O2.CO2/c1-14-12-16(22)20-17(23-14)8-5-9-18(20)25-13-21(2,3)19(24)11-10-15-6-4-7-15;2-1-3/h5,8-9,12,15H,4,6-7,10-11,13H2,1-3H3,(H2,22,23);. The molecule has 1 saturated carbocycles. The summed E-state index contributed by atoms with van der Waals surface area (Å²) in [6.07, 6.45) is 5.81. The van der Waals surface area contributed by atoms with E-state index in [1.165, 1.54) is 19.3 Å². The van der Waals surface area contributed by atoms with Crippen LogP contribution in [0.1, 0.15) is 51.6 Å². The fraction of sp³-hybridized carbons (Fsp3) is 0.500. The molecule has 0 saturated heterocycles. The average Bonchev–Trinajstić information content (AvgIpc) is 2.58. The van der Waals surface area contributed by atoms with Crippen LogP contribution in [0, 0.1) is 18.3 Å². The number of nitrogens with zero attached hydrogens (tertiary/aromatic N) is 1. The van der Waals surface area contributed by atoms with Crippen molar-refractivity contribution in [3.63, 3.8) is 0 Å². The highest BCUT2D eigenvalue weighted by atomic mass is 16.5. The van der Waals surface area contributed by atoms with Gasteiger partial charge < -0.3 is 10.5 Å². The van der Waals surface area contributed by atoms with Crippen molar-refractivity contribution in [2.45, 2.75) is 52.9 Å². The van der Waals surface area contributed by atoms with Crippen LogP contribution in [0.5, 0.6) is 5.75 Å². The molecule has 2 N–H and O–H groups in total. The van der Waals surface area contributed by atoms with Crippen LogP contribution in [0.25, 0.3) is 10.9 Å². The molecular weight excluding hydrogens is 356 g/mol. The van der Waals surface area contributed by atoms with Crippen LogP contribution in [0.2, 0.25) is 0 Å². The summed E-state index contributed by atoms with van der Waals surface area (Å²) in [7, 11) is 0. The molecule has 1 fully saturated rings. The number of pyridine rings is 1. The van der Waals surface area contributed by atoms with Gasteiger partial charge in [-0.3, -0.25) is 9.78 Å². The zero-order chi connectivity index (χ0) is 20.7. The fourth-order valence-corrected chi connectivity index (χ4v) is 3.34. The summed E-state index contributed by atoms with van der Waals surface area (Å²) < 4.78 is 6.03. The highest BCUT2D eigenvalue weighted by molar-refractivity contribution is 5.95. The first-order chi connectivity index (χ1) is 13.3. The second kappa shape index (κ2) is 9.47. The minimum absolute atomic E-state index is 0.250. The van der Waals surface area contributed by atoms with E-state index in [-0.39, 0.29) is 11.9 Å². The first-order valence-corrected chi connectivity index (χ1v) is 9.59. The Morgan fingerprint density at radius 3 is 2.61 bits per heavy atom.